The number of pyridine rings is 1. The van der Waals surface area contributed by atoms with Crippen molar-refractivity contribution in [2.24, 2.45) is 5.92 Å². The number of anilines is 3. The number of morpholine rings is 1. The van der Waals surface area contributed by atoms with Crippen LogP contribution in [0.25, 0.3) is 11.3 Å². The SMILES string of the molecule is Cc1ccc(NC(=O)C2C=CC=C(OCCN3CCOCC3)CC2)cc1Nc1nc(-c2cccnc2)cs1. The van der Waals surface area contributed by atoms with E-state index in [4.69, 9.17) is 14.5 Å². The zero-order chi connectivity index (χ0) is 26.2. The van der Waals surface area contributed by atoms with Gasteiger partial charge < -0.3 is 20.1 Å². The normalized spacial score (nSPS) is 17.9. The number of hydrogen-bond donors (Lipinski definition) is 2. The number of nitrogens with one attached hydrogen (secondary N) is 2. The molecule has 2 N–H and O–H groups in total. The Bertz CT molecular complexity index is 1280. The molecule has 3 heterocycles. The molecule has 0 radical (unpaired) electrons. The van der Waals surface area contributed by atoms with Crippen molar-refractivity contribution in [3.05, 3.63) is 77.7 Å². The second-order valence-electron chi connectivity index (χ2n) is 9.39. The Morgan fingerprint density at radius 1 is 1.26 bits per heavy atom. The molecule has 1 saturated heterocycles. The van der Waals surface area contributed by atoms with Crippen LogP contribution < -0.4 is 10.6 Å². The number of allylic oxidation sites excluding steroid dienone is 3. The summed E-state index contributed by atoms with van der Waals surface area (Å²) in [4.78, 5) is 24.3. The van der Waals surface area contributed by atoms with Gasteiger partial charge in [0.25, 0.3) is 0 Å². The molecule has 9 heteroatoms. The van der Waals surface area contributed by atoms with E-state index in [9.17, 15) is 4.79 Å². The topological polar surface area (TPSA) is 88.6 Å². The van der Waals surface area contributed by atoms with Gasteiger partial charge >= 0.3 is 0 Å². The molecular weight excluding hydrogens is 498 g/mol. The lowest BCUT2D eigenvalue weighted by Crippen LogP contribution is -2.38. The first-order chi connectivity index (χ1) is 18.6. The molecule has 2 aliphatic rings. The van der Waals surface area contributed by atoms with Crippen LogP contribution in [0, 0.1) is 12.8 Å². The number of hydrogen-bond acceptors (Lipinski definition) is 8. The van der Waals surface area contributed by atoms with Gasteiger partial charge in [0, 0.05) is 60.8 Å². The second-order valence-corrected chi connectivity index (χ2v) is 10.2. The Morgan fingerprint density at radius 3 is 3.00 bits per heavy atom. The molecule has 0 spiro atoms. The van der Waals surface area contributed by atoms with Crippen molar-refractivity contribution in [3.63, 3.8) is 0 Å². The first-order valence-corrected chi connectivity index (χ1v) is 13.9. The third-order valence-electron chi connectivity index (χ3n) is 6.67. The molecule has 5 rings (SSSR count). The number of aromatic nitrogens is 2. The zero-order valence-electron chi connectivity index (χ0n) is 21.6. The van der Waals surface area contributed by atoms with Crippen LogP contribution in [0.1, 0.15) is 18.4 Å². The number of thiazole rings is 1. The fraction of sp³-hybridized carbons (Fsp3) is 0.345. The van der Waals surface area contributed by atoms with Crippen LogP contribution in [-0.4, -0.2) is 60.2 Å². The van der Waals surface area contributed by atoms with Crippen LogP contribution in [0.15, 0.2) is 72.1 Å². The first-order valence-electron chi connectivity index (χ1n) is 13.0. The Labute approximate surface area is 227 Å². The monoisotopic (exact) mass is 531 g/mol. The lowest BCUT2D eigenvalue weighted by molar-refractivity contribution is -0.118. The highest BCUT2D eigenvalue weighted by atomic mass is 32.1. The average Bonchev–Trinajstić information content (AvgIpc) is 3.28. The van der Waals surface area contributed by atoms with Gasteiger partial charge in [-0.05, 0) is 49.2 Å². The largest absolute Gasteiger partial charge is 0.497 e. The van der Waals surface area contributed by atoms with Crippen molar-refractivity contribution in [1.29, 1.82) is 0 Å². The van der Waals surface area contributed by atoms with Crippen LogP contribution in [0.5, 0.6) is 0 Å². The van der Waals surface area contributed by atoms with Gasteiger partial charge in [0.05, 0.1) is 30.6 Å². The van der Waals surface area contributed by atoms with E-state index in [0.29, 0.717) is 13.0 Å². The number of amides is 1. The summed E-state index contributed by atoms with van der Waals surface area (Å²) in [5.74, 6) is 0.693. The number of benzene rings is 1. The zero-order valence-corrected chi connectivity index (χ0v) is 22.4. The molecule has 1 fully saturated rings. The highest BCUT2D eigenvalue weighted by Gasteiger charge is 2.19. The van der Waals surface area contributed by atoms with Crippen molar-refractivity contribution in [2.45, 2.75) is 19.8 Å². The molecule has 2 aromatic heterocycles. The van der Waals surface area contributed by atoms with Gasteiger partial charge in [-0.3, -0.25) is 14.7 Å². The molecule has 1 aliphatic carbocycles. The Morgan fingerprint density at radius 2 is 2.16 bits per heavy atom. The quantitative estimate of drug-likeness (QED) is 0.382. The third kappa shape index (κ3) is 7.06. The minimum atomic E-state index is -0.217. The standard InChI is InChI=1S/C29H33N5O3S/c1-21-7-9-24(18-26(21)32-29-33-27(20-38-29)23-5-3-11-30-19-23)31-28(35)22-4-2-6-25(10-8-22)37-17-14-34-12-15-36-16-13-34/h2-7,9,11,18-20,22H,8,10,12-17H2,1H3,(H,31,35)(H,32,33). The summed E-state index contributed by atoms with van der Waals surface area (Å²) in [7, 11) is 0. The summed E-state index contributed by atoms with van der Waals surface area (Å²) < 4.78 is 11.4. The summed E-state index contributed by atoms with van der Waals surface area (Å²) in [6.07, 6.45) is 10.9. The van der Waals surface area contributed by atoms with Gasteiger partial charge in [0.15, 0.2) is 5.13 Å². The van der Waals surface area contributed by atoms with Gasteiger partial charge in [-0.25, -0.2) is 4.98 Å². The van der Waals surface area contributed by atoms with E-state index in [2.05, 4.69) is 20.5 Å². The number of rotatable bonds is 9. The Kier molecular flexibility index (Phi) is 8.80. The number of carbonyl (C=O) groups is 1. The van der Waals surface area contributed by atoms with E-state index in [-0.39, 0.29) is 11.8 Å². The minimum Gasteiger partial charge on any atom is -0.497 e. The molecule has 0 bridgehead atoms. The van der Waals surface area contributed by atoms with Crippen LogP contribution in [-0.2, 0) is 14.3 Å². The molecule has 1 unspecified atom stereocenters. The van der Waals surface area contributed by atoms with E-state index >= 15 is 0 Å². The molecule has 1 aliphatic heterocycles. The summed E-state index contributed by atoms with van der Waals surface area (Å²) in [5.41, 5.74) is 4.58. The van der Waals surface area contributed by atoms with Crippen LogP contribution >= 0.6 is 11.3 Å². The molecule has 3 aromatic rings. The Balaban J connectivity index is 1.13. The van der Waals surface area contributed by atoms with Crippen molar-refractivity contribution < 1.29 is 14.3 Å². The molecule has 1 amide bonds. The maximum atomic E-state index is 13.1. The number of carbonyl (C=O) groups excluding carboxylic acids is 1. The molecule has 38 heavy (non-hydrogen) atoms. The van der Waals surface area contributed by atoms with E-state index in [1.807, 2.05) is 60.9 Å². The number of nitrogens with zero attached hydrogens (tertiary/aromatic N) is 3. The highest BCUT2D eigenvalue weighted by molar-refractivity contribution is 7.14. The number of ether oxygens (including phenoxy) is 2. The van der Waals surface area contributed by atoms with Gasteiger partial charge in [-0.1, -0.05) is 18.2 Å². The smallest absolute Gasteiger partial charge is 0.231 e. The maximum absolute atomic E-state index is 13.1. The molecular formula is C29H33N5O3S. The first kappa shape index (κ1) is 26.1. The van der Waals surface area contributed by atoms with Gasteiger partial charge in [-0.2, -0.15) is 0 Å². The van der Waals surface area contributed by atoms with Crippen molar-refractivity contribution in [2.75, 3.05) is 50.1 Å². The highest BCUT2D eigenvalue weighted by Crippen LogP contribution is 2.30. The lowest BCUT2D eigenvalue weighted by Gasteiger charge is -2.26. The van der Waals surface area contributed by atoms with Crippen LogP contribution in [0.4, 0.5) is 16.5 Å². The molecule has 0 saturated carbocycles. The van der Waals surface area contributed by atoms with E-state index < -0.39 is 0 Å². The van der Waals surface area contributed by atoms with E-state index in [1.54, 1.807) is 12.4 Å². The number of aryl methyl sites for hydroxylation is 1. The molecule has 1 aromatic carbocycles. The third-order valence-corrected chi connectivity index (χ3v) is 7.43. The van der Waals surface area contributed by atoms with Crippen LogP contribution in [0.2, 0.25) is 0 Å². The summed E-state index contributed by atoms with van der Waals surface area (Å²) in [6, 6.07) is 9.78. The van der Waals surface area contributed by atoms with Crippen molar-refractivity contribution in [3.8, 4) is 11.3 Å². The van der Waals surface area contributed by atoms with Crippen molar-refractivity contribution in [1.82, 2.24) is 14.9 Å². The maximum Gasteiger partial charge on any atom is 0.231 e. The summed E-state index contributed by atoms with van der Waals surface area (Å²) in [5, 5.41) is 9.28. The van der Waals surface area contributed by atoms with E-state index in [0.717, 1.165) is 78.4 Å². The predicted molar refractivity (Wildman–Crippen MR) is 152 cm³/mol. The van der Waals surface area contributed by atoms with Crippen LogP contribution in [0.3, 0.4) is 0 Å². The fourth-order valence-electron chi connectivity index (χ4n) is 4.41. The fourth-order valence-corrected chi connectivity index (χ4v) is 5.14. The van der Waals surface area contributed by atoms with E-state index in [1.165, 1.54) is 11.3 Å². The van der Waals surface area contributed by atoms with Gasteiger partial charge in [0.1, 0.15) is 6.61 Å². The molecule has 1 atom stereocenters. The molecule has 198 valence electrons. The summed E-state index contributed by atoms with van der Waals surface area (Å²) >= 11 is 1.53. The Hall–Kier alpha value is -3.53. The molecule has 8 nitrogen and oxygen atoms in total. The van der Waals surface area contributed by atoms with Gasteiger partial charge in [0.2, 0.25) is 5.91 Å². The average molecular weight is 532 g/mol. The second kappa shape index (κ2) is 12.8. The lowest BCUT2D eigenvalue weighted by atomic mass is 10.0. The minimum absolute atomic E-state index is 0.0212. The van der Waals surface area contributed by atoms with Gasteiger partial charge in [-0.15, -0.1) is 11.3 Å². The summed E-state index contributed by atoms with van der Waals surface area (Å²) in [6.45, 7) is 7.07. The predicted octanol–water partition coefficient (Wildman–Crippen LogP) is 5.39. The van der Waals surface area contributed by atoms with Crippen molar-refractivity contribution >= 4 is 33.8 Å².